The first-order valence-corrected chi connectivity index (χ1v) is 11.9. The number of nitrogens with zero attached hydrogens (tertiary/aromatic N) is 5. The molecule has 0 saturated heterocycles. The van der Waals surface area contributed by atoms with Crippen LogP contribution in [0, 0.1) is 0 Å². The number of hydrogen-bond acceptors (Lipinski definition) is 10. The van der Waals surface area contributed by atoms with Gasteiger partial charge >= 0.3 is 0 Å². The maximum Gasteiger partial charge on any atom is 0.267 e. The lowest BCUT2D eigenvalue weighted by Crippen LogP contribution is -2.26. The fourth-order valence-electron chi connectivity index (χ4n) is 3.37. The Bertz CT molecular complexity index is 1520. The summed E-state index contributed by atoms with van der Waals surface area (Å²) < 4.78 is 26.0. The quantitative estimate of drug-likeness (QED) is 0.362. The monoisotopic (exact) mass is 486 g/mol. The second-order valence-electron chi connectivity index (χ2n) is 7.11. The molecule has 5 N–H and O–H groups in total. The minimum Gasteiger partial charge on any atom is -0.382 e. The van der Waals surface area contributed by atoms with Crippen LogP contribution in [0.3, 0.4) is 0 Å². The highest BCUT2D eigenvalue weighted by Crippen LogP contribution is 2.25. The summed E-state index contributed by atoms with van der Waals surface area (Å²) in [6.07, 6.45) is 4.37. The zero-order valence-corrected chi connectivity index (χ0v) is 18.9. The predicted octanol–water partition coefficient (Wildman–Crippen LogP) is 1.45. The number of rotatable bonds is 6. The zero-order valence-electron chi connectivity index (χ0n) is 17.4. The summed E-state index contributed by atoms with van der Waals surface area (Å²) in [7, 11) is -3.66. The van der Waals surface area contributed by atoms with E-state index in [9.17, 15) is 13.2 Å². The Morgan fingerprint density at radius 2 is 1.91 bits per heavy atom. The minimum absolute atomic E-state index is 0.0138. The van der Waals surface area contributed by atoms with Crippen molar-refractivity contribution in [2.75, 3.05) is 29.6 Å². The molecule has 0 aliphatic heterocycles. The van der Waals surface area contributed by atoms with E-state index in [0.717, 1.165) is 6.26 Å². The number of aromatic nitrogens is 5. The van der Waals surface area contributed by atoms with Gasteiger partial charge < -0.3 is 16.8 Å². The van der Waals surface area contributed by atoms with Gasteiger partial charge in [0.2, 0.25) is 5.95 Å². The molecule has 170 valence electrons. The maximum atomic E-state index is 13.5. The number of fused-ring (bicyclic) bond motifs is 1. The van der Waals surface area contributed by atoms with Crippen molar-refractivity contribution in [2.24, 2.45) is 0 Å². The van der Waals surface area contributed by atoms with E-state index in [1.807, 2.05) is 0 Å². The standard InChI is InChI=1S/C20H19ClN8O3S/c1-33(31,32)13-6-2-5-12-15(13)19(30)29(11-4-3-8-24-10-11)14(26-12)7-9-25-18-16(21)17(22)27-20(23)28-18/h2-6,8,10H,7,9H2,1H3,(H5,22,23,25,27,28). The second kappa shape index (κ2) is 8.64. The molecule has 33 heavy (non-hydrogen) atoms. The summed E-state index contributed by atoms with van der Waals surface area (Å²) >= 11 is 6.13. The minimum atomic E-state index is -3.66. The molecule has 3 heterocycles. The predicted molar refractivity (Wildman–Crippen MR) is 126 cm³/mol. The van der Waals surface area contributed by atoms with Crippen LogP contribution in [0.15, 0.2) is 52.4 Å². The Kier molecular flexibility index (Phi) is 5.87. The normalized spacial score (nSPS) is 11.6. The van der Waals surface area contributed by atoms with Crippen molar-refractivity contribution < 1.29 is 8.42 Å². The number of pyridine rings is 1. The van der Waals surface area contributed by atoms with E-state index < -0.39 is 15.4 Å². The number of nitrogens with one attached hydrogen (secondary N) is 1. The molecule has 0 amide bonds. The van der Waals surface area contributed by atoms with Gasteiger partial charge in [-0.15, -0.1) is 0 Å². The van der Waals surface area contributed by atoms with E-state index in [4.69, 9.17) is 23.1 Å². The van der Waals surface area contributed by atoms with Gasteiger partial charge in [-0.05, 0) is 24.3 Å². The lowest BCUT2D eigenvalue weighted by Gasteiger charge is -2.15. The van der Waals surface area contributed by atoms with E-state index in [-0.39, 0.29) is 51.4 Å². The highest BCUT2D eigenvalue weighted by Gasteiger charge is 2.20. The lowest BCUT2D eigenvalue weighted by atomic mass is 10.2. The molecule has 13 heteroatoms. The molecule has 0 fully saturated rings. The van der Waals surface area contributed by atoms with Crippen molar-refractivity contribution in [1.82, 2.24) is 24.5 Å². The van der Waals surface area contributed by atoms with E-state index in [1.54, 1.807) is 30.5 Å². The number of nitrogen functional groups attached to an aromatic ring is 2. The van der Waals surface area contributed by atoms with E-state index in [2.05, 4.69) is 25.3 Å². The molecule has 0 atom stereocenters. The van der Waals surface area contributed by atoms with Gasteiger partial charge in [0.25, 0.3) is 5.56 Å². The molecule has 4 aromatic rings. The Labute approximate surface area is 193 Å². The third-order valence-electron chi connectivity index (χ3n) is 4.77. The van der Waals surface area contributed by atoms with Crippen LogP contribution in [-0.4, -0.2) is 45.7 Å². The smallest absolute Gasteiger partial charge is 0.267 e. The first-order chi connectivity index (χ1) is 15.7. The SMILES string of the molecule is CS(=O)(=O)c1cccc2nc(CCNc3nc(N)nc(N)c3Cl)n(-c3cccnc3)c(=O)c12. The van der Waals surface area contributed by atoms with E-state index >= 15 is 0 Å². The third-order valence-corrected chi connectivity index (χ3v) is 6.28. The molecule has 0 spiro atoms. The van der Waals surface area contributed by atoms with Gasteiger partial charge in [-0.2, -0.15) is 9.97 Å². The zero-order chi connectivity index (χ0) is 23.8. The number of sulfone groups is 1. The number of anilines is 3. The van der Waals surface area contributed by atoms with Crippen molar-refractivity contribution in [2.45, 2.75) is 11.3 Å². The first kappa shape index (κ1) is 22.4. The molecular weight excluding hydrogens is 468 g/mol. The molecule has 11 nitrogen and oxygen atoms in total. The van der Waals surface area contributed by atoms with Crippen molar-refractivity contribution >= 4 is 49.9 Å². The number of nitrogens with two attached hydrogens (primary N) is 2. The summed E-state index contributed by atoms with van der Waals surface area (Å²) in [4.78, 5) is 29.9. The van der Waals surface area contributed by atoms with Crippen LogP contribution in [0.5, 0.6) is 0 Å². The van der Waals surface area contributed by atoms with Crippen molar-refractivity contribution in [3.8, 4) is 5.69 Å². The summed E-state index contributed by atoms with van der Waals surface area (Å²) in [5.74, 6) is 0.627. The first-order valence-electron chi connectivity index (χ1n) is 9.64. The Morgan fingerprint density at radius 3 is 2.61 bits per heavy atom. The summed E-state index contributed by atoms with van der Waals surface area (Å²) in [5.41, 5.74) is 11.5. The van der Waals surface area contributed by atoms with Crippen molar-refractivity contribution in [1.29, 1.82) is 0 Å². The summed E-state index contributed by atoms with van der Waals surface area (Å²) in [6, 6.07) is 7.89. The van der Waals surface area contributed by atoms with Gasteiger partial charge in [-0.1, -0.05) is 17.7 Å². The molecular formula is C20H19ClN8O3S. The average molecular weight is 487 g/mol. The molecule has 3 aromatic heterocycles. The van der Waals surface area contributed by atoms with Gasteiger partial charge in [-0.3, -0.25) is 14.3 Å². The van der Waals surface area contributed by atoms with Gasteiger partial charge in [0.15, 0.2) is 15.7 Å². The van der Waals surface area contributed by atoms with Crippen molar-refractivity contribution in [3.05, 3.63) is 63.9 Å². The average Bonchev–Trinajstić information content (AvgIpc) is 2.76. The third kappa shape index (κ3) is 4.43. The Morgan fingerprint density at radius 1 is 1.12 bits per heavy atom. The van der Waals surface area contributed by atoms with E-state index in [1.165, 1.54) is 16.8 Å². The van der Waals surface area contributed by atoms with Crippen LogP contribution in [-0.2, 0) is 16.3 Å². The van der Waals surface area contributed by atoms with Gasteiger partial charge in [0.1, 0.15) is 16.7 Å². The molecule has 0 saturated carbocycles. The fraction of sp³-hybridized carbons (Fsp3) is 0.150. The van der Waals surface area contributed by atoms with Crippen molar-refractivity contribution in [3.63, 3.8) is 0 Å². The summed E-state index contributed by atoms with van der Waals surface area (Å²) in [5, 5.41) is 3.15. The molecule has 0 unspecified atom stereocenters. The second-order valence-corrected chi connectivity index (χ2v) is 9.47. The van der Waals surface area contributed by atoms with Gasteiger partial charge in [-0.25, -0.2) is 13.4 Å². The van der Waals surface area contributed by atoms with Crippen LogP contribution in [0.1, 0.15) is 5.82 Å². The molecule has 0 radical (unpaired) electrons. The van der Waals surface area contributed by atoms with Crippen LogP contribution >= 0.6 is 11.6 Å². The number of halogens is 1. The summed E-state index contributed by atoms with van der Waals surface area (Å²) in [6.45, 7) is 0.263. The highest BCUT2D eigenvalue weighted by atomic mass is 35.5. The van der Waals surface area contributed by atoms with Crippen LogP contribution in [0.25, 0.3) is 16.6 Å². The highest BCUT2D eigenvalue weighted by molar-refractivity contribution is 7.91. The van der Waals surface area contributed by atoms with Gasteiger partial charge in [0.05, 0.1) is 27.7 Å². The number of hydrogen-bond donors (Lipinski definition) is 3. The Balaban J connectivity index is 1.82. The Hall–Kier alpha value is -3.77. The lowest BCUT2D eigenvalue weighted by molar-refractivity contribution is 0.602. The molecule has 0 aliphatic rings. The van der Waals surface area contributed by atoms with Crippen LogP contribution in [0.2, 0.25) is 5.02 Å². The molecule has 0 bridgehead atoms. The topological polar surface area (TPSA) is 172 Å². The number of benzene rings is 1. The van der Waals surface area contributed by atoms with Gasteiger partial charge in [0, 0.05) is 25.4 Å². The van der Waals surface area contributed by atoms with E-state index in [0.29, 0.717) is 11.5 Å². The fourth-order valence-corrected chi connectivity index (χ4v) is 4.41. The molecule has 0 aliphatic carbocycles. The molecule has 4 rings (SSSR count). The molecule has 1 aromatic carbocycles. The maximum absolute atomic E-state index is 13.5. The van der Waals surface area contributed by atoms with Crippen LogP contribution < -0.4 is 22.3 Å². The van der Waals surface area contributed by atoms with Crippen LogP contribution in [0.4, 0.5) is 17.6 Å². The largest absolute Gasteiger partial charge is 0.382 e.